The van der Waals surface area contributed by atoms with Crippen molar-refractivity contribution in [1.29, 1.82) is 0 Å². The summed E-state index contributed by atoms with van der Waals surface area (Å²) >= 11 is 3.43. The summed E-state index contributed by atoms with van der Waals surface area (Å²) in [6.45, 7) is 4.17. The summed E-state index contributed by atoms with van der Waals surface area (Å²) < 4.78 is 4.53. The van der Waals surface area contributed by atoms with Crippen LogP contribution in [-0.4, -0.2) is 30.3 Å². The van der Waals surface area contributed by atoms with Crippen LogP contribution in [0.4, 0.5) is 0 Å². The lowest BCUT2D eigenvalue weighted by atomic mass is 10.2. The van der Waals surface area contributed by atoms with E-state index < -0.39 is 0 Å². The van der Waals surface area contributed by atoms with Gasteiger partial charge in [0.25, 0.3) is 5.91 Å². The number of fused-ring (bicyclic) bond motifs is 1. The zero-order valence-corrected chi connectivity index (χ0v) is 16.4. The molecule has 0 saturated carbocycles. The smallest absolute Gasteiger partial charge is 0.274 e. The minimum atomic E-state index is -0.274. The van der Waals surface area contributed by atoms with E-state index in [2.05, 4.69) is 36.5 Å². The molecule has 1 amide bonds. The Morgan fingerprint density at radius 1 is 1.11 bits per heavy atom. The maximum Gasteiger partial charge on any atom is 0.274 e. The van der Waals surface area contributed by atoms with Crippen molar-refractivity contribution in [3.8, 4) is 5.69 Å². The fourth-order valence-electron chi connectivity index (χ4n) is 2.83. The number of benzene rings is 1. The van der Waals surface area contributed by atoms with Crippen LogP contribution in [0, 0.1) is 13.8 Å². The summed E-state index contributed by atoms with van der Waals surface area (Å²) in [5, 5.41) is 11.0. The van der Waals surface area contributed by atoms with Crippen molar-refractivity contribution in [1.82, 2.24) is 29.7 Å². The van der Waals surface area contributed by atoms with Gasteiger partial charge in [-0.1, -0.05) is 22.9 Å². The Balaban J connectivity index is 1.50. The van der Waals surface area contributed by atoms with E-state index in [1.54, 1.807) is 4.68 Å². The minimum Gasteiger partial charge on any atom is -0.345 e. The fraction of sp³-hybridized carbons (Fsp3) is 0.158. The number of amides is 1. The summed E-state index contributed by atoms with van der Waals surface area (Å²) in [6.07, 6.45) is 3.81. The number of halogens is 1. The van der Waals surface area contributed by atoms with E-state index in [0.29, 0.717) is 17.9 Å². The number of aromatic nitrogens is 5. The van der Waals surface area contributed by atoms with Gasteiger partial charge in [-0.05, 0) is 54.0 Å². The highest BCUT2D eigenvalue weighted by molar-refractivity contribution is 9.10. The van der Waals surface area contributed by atoms with Crippen LogP contribution in [-0.2, 0) is 6.54 Å². The summed E-state index contributed by atoms with van der Waals surface area (Å²) in [5.74, 6) is -0.274. The van der Waals surface area contributed by atoms with Gasteiger partial charge in [-0.25, -0.2) is 9.67 Å². The van der Waals surface area contributed by atoms with Gasteiger partial charge >= 0.3 is 0 Å². The van der Waals surface area contributed by atoms with Gasteiger partial charge in [0.05, 0.1) is 23.6 Å². The van der Waals surface area contributed by atoms with E-state index in [1.165, 1.54) is 0 Å². The largest absolute Gasteiger partial charge is 0.345 e. The third-order valence-electron chi connectivity index (χ3n) is 4.28. The molecule has 3 heterocycles. The molecule has 136 valence electrons. The van der Waals surface area contributed by atoms with Crippen molar-refractivity contribution in [3.05, 3.63) is 75.9 Å². The molecule has 0 spiro atoms. The Kier molecular flexibility index (Phi) is 4.49. The third kappa shape index (κ3) is 3.48. The van der Waals surface area contributed by atoms with Crippen LogP contribution in [0.1, 0.15) is 27.4 Å². The Bertz CT molecular complexity index is 1130. The lowest BCUT2D eigenvalue weighted by molar-refractivity contribution is 0.0944. The first kappa shape index (κ1) is 17.4. The molecular formula is C19H17BrN6O. The highest BCUT2D eigenvalue weighted by Gasteiger charge is 2.17. The molecule has 0 aliphatic rings. The third-order valence-corrected chi connectivity index (χ3v) is 4.75. The van der Waals surface area contributed by atoms with Crippen LogP contribution >= 0.6 is 15.9 Å². The first-order valence-electron chi connectivity index (χ1n) is 8.42. The van der Waals surface area contributed by atoms with Gasteiger partial charge in [0.2, 0.25) is 0 Å². The van der Waals surface area contributed by atoms with Crippen LogP contribution in [0.5, 0.6) is 0 Å². The molecule has 0 fully saturated rings. The number of hydrogen-bond donors (Lipinski definition) is 1. The van der Waals surface area contributed by atoms with E-state index >= 15 is 0 Å². The van der Waals surface area contributed by atoms with Crippen molar-refractivity contribution < 1.29 is 4.79 Å². The Hall–Kier alpha value is -3.00. The predicted molar refractivity (Wildman–Crippen MR) is 105 cm³/mol. The molecule has 0 unspecified atom stereocenters. The first-order chi connectivity index (χ1) is 13.0. The zero-order valence-electron chi connectivity index (χ0n) is 14.8. The summed E-state index contributed by atoms with van der Waals surface area (Å²) in [5.41, 5.74) is 4.62. The van der Waals surface area contributed by atoms with Crippen LogP contribution in [0.15, 0.2) is 53.3 Å². The number of nitrogens with zero attached hydrogens (tertiary/aromatic N) is 5. The quantitative estimate of drug-likeness (QED) is 0.545. The van der Waals surface area contributed by atoms with Gasteiger partial charge in [0.1, 0.15) is 5.65 Å². The first-order valence-corrected chi connectivity index (χ1v) is 9.21. The molecule has 27 heavy (non-hydrogen) atoms. The van der Waals surface area contributed by atoms with Crippen LogP contribution in [0.25, 0.3) is 11.3 Å². The Labute approximate surface area is 164 Å². The van der Waals surface area contributed by atoms with E-state index in [0.717, 1.165) is 27.1 Å². The standard InChI is InChI=1S/C19H17BrN6O/c1-12-3-6-16(7-4-12)26-13(2)18(23-24-26)19(27)21-9-15-11-25-10-14(20)5-8-17(25)22-15/h3-8,10-11H,9H2,1-2H3,(H,21,27). The van der Waals surface area contributed by atoms with Gasteiger partial charge in [0, 0.05) is 16.9 Å². The van der Waals surface area contributed by atoms with Crippen LogP contribution in [0.2, 0.25) is 0 Å². The number of carbonyl (C=O) groups is 1. The van der Waals surface area contributed by atoms with Crippen molar-refractivity contribution in [2.45, 2.75) is 20.4 Å². The summed E-state index contributed by atoms with van der Waals surface area (Å²) in [7, 11) is 0. The number of hydrogen-bond acceptors (Lipinski definition) is 4. The highest BCUT2D eigenvalue weighted by atomic mass is 79.9. The summed E-state index contributed by atoms with van der Waals surface area (Å²) in [6, 6.07) is 11.7. The van der Waals surface area contributed by atoms with Crippen LogP contribution < -0.4 is 5.32 Å². The van der Waals surface area contributed by atoms with Gasteiger partial charge in [-0.3, -0.25) is 4.79 Å². The maximum absolute atomic E-state index is 12.5. The van der Waals surface area contributed by atoms with E-state index in [-0.39, 0.29) is 5.91 Å². The Morgan fingerprint density at radius 2 is 1.89 bits per heavy atom. The number of rotatable bonds is 4. The molecule has 0 aliphatic heterocycles. The van der Waals surface area contributed by atoms with Gasteiger partial charge in [-0.15, -0.1) is 5.10 Å². The average molecular weight is 425 g/mol. The normalized spacial score (nSPS) is 11.1. The molecule has 0 radical (unpaired) electrons. The lowest BCUT2D eigenvalue weighted by Crippen LogP contribution is -2.24. The second-order valence-electron chi connectivity index (χ2n) is 6.30. The molecule has 1 aromatic carbocycles. The number of imidazole rings is 1. The Morgan fingerprint density at radius 3 is 2.67 bits per heavy atom. The number of aryl methyl sites for hydroxylation is 1. The van der Waals surface area contributed by atoms with Crippen LogP contribution in [0.3, 0.4) is 0 Å². The molecule has 4 rings (SSSR count). The molecule has 1 N–H and O–H groups in total. The fourth-order valence-corrected chi connectivity index (χ4v) is 3.18. The molecule has 3 aromatic heterocycles. The van der Waals surface area contributed by atoms with Crippen molar-refractivity contribution in [3.63, 3.8) is 0 Å². The predicted octanol–water partition coefficient (Wildman–Crippen LogP) is 3.22. The molecule has 7 nitrogen and oxygen atoms in total. The molecule has 0 atom stereocenters. The number of nitrogens with one attached hydrogen (secondary N) is 1. The van der Waals surface area contributed by atoms with Crippen molar-refractivity contribution in [2.24, 2.45) is 0 Å². The van der Waals surface area contributed by atoms with Gasteiger partial charge in [0.15, 0.2) is 5.69 Å². The zero-order chi connectivity index (χ0) is 19.0. The number of pyridine rings is 1. The number of carbonyl (C=O) groups excluding carboxylic acids is 1. The molecule has 0 saturated heterocycles. The monoisotopic (exact) mass is 424 g/mol. The van der Waals surface area contributed by atoms with Crippen molar-refractivity contribution in [2.75, 3.05) is 0 Å². The topological polar surface area (TPSA) is 77.1 Å². The van der Waals surface area contributed by atoms with E-state index in [4.69, 9.17) is 0 Å². The summed E-state index contributed by atoms with van der Waals surface area (Å²) in [4.78, 5) is 17.0. The molecule has 8 heteroatoms. The lowest BCUT2D eigenvalue weighted by Gasteiger charge is -2.04. The van der Waals surface area contributed by atoms with E-state index in [9.17, 15) is 4.79 Å². The second-order valence-corrected chi connectivity index (χ2v) is 7.21. The minimum absolute atomic E-state index is 0.274. The molecule has 0 aliphatic carbocycles. The van der Waals surface area contributed by atoms with Crippen molar-refractivity contribution >= 4 is 27.5 Å². The molecule has 0 bridgehead atoms. The second kappa shape index (κ2) is 6.96. The van der Waals surface area contributed by atoms with E-state index in [1.807, 2.05) is 67.0 Å². The van der Waals surface area contributed by atoms with Gasteiger partial charge in [-0.2, -0.15) is 0 Å². The molecule has 4 aromatic rings. The van der Waals surface area contributed by atoms with Gasteiger partial charge < -0.3 is 9.72 Å². The molecular weight excluding hydrogens is 408 g/mol. The maximum atomic E-state index is 12.5. The SMILES string of the molecule is Cc1ccc(-n2nnc(C(=O)NCc3cn4cc(Br)ccc4n3)c2C)cc1. The highest BCUT2D eigenvalue weighted by Crippen LogP contribution is 2.14. The average Bonchev–Trinajstić information content (AvgIpc) is 3.23.